The third kappa shape index (κ3) is 2.97. The van der Waals surface area contributed by atoms with E-state index in [1.165, 1.54) is 6.20 Å². The van der Waals surface area contributed by atoms with E-state index >= 15 is 0 Å². The van der Waals surface area contributed by atoms with E-state index in [2.05, 4.69) is 20.4 Å². The summed E-state index contributed by atoms with van der Waals surface area (Å²) in [7, 11) is 0. The quantitative estimate of drug-likeness (QED) is 0.420. The summed E-state index contributed by atoms with van der Waals surface area (Å²) in [6.45, 7) is 0. The Morgan fingerprint density at radius 1 is 1.00 bits per heavy atom. The molecule has 0 saturated carbocycles. The van der Waals surface area contributed by atoms with Gasteiger partial charge >= 0.3 is 0 Å². The van der Waals surface area contributed by atoms with Crippen molar-refractivity contribution >= 4 is 49.7 Å². The number of anilines is 1. The van der Waals surface area contributed by atoms with Crippen molar-refractivity contribution in [2.75, 3.05) is 5.32 Å². The Morgan fingerprint density at radius 3 is 2.75 bits per heavy atom. The predicted molar refractivity (Wildman–Crippen MR) is 126 cm³/mol. The van der Waals surface area contributed by atoms with Crippen LogP contribution in [0.5, 0.6) is 0 Å². The molecule has 3 heterocycles. The molecule has 0 aliphatic carbocycles. The number of nitrogens with zero attached hydrogens (tertiary/aromatic N) is 3. The van der Waals surface area contributed by atoms with Crippen LogP contribution in [-0.2, 0) is 0 Å². The average molecular weight is 437 g/mol. The van der Waals surface area contributed by atoms with Gasteiger partial charge in [-0.3, -0.25) is 9.59 Å². The Morgan fingerprint density at radius 2 is 1.84 bits per heavy atom. The zero-order chi connectivity index (χ0) is 21.7. The summed E-state index contributed by atoms with van der Waals surface area (Å²) in [6, 6.07) is 22.7. The van der Waals surface area contributed by atoms with E-state index < -0.39 is 0 Å². The van der Waals surface area contributed by atoms with Crippen LogP contribution in [0, 0.1) is 0 Å². The smallest absolute Gasteiger partial charge is 0.261 e. The second-order valence-corrected chi connectivity index (χ2v) is 8.34. The minimum absolute atomic E-state index is 0.263. The van der Waals surface area contributed by atoms with Gasteiger partial charge in [0.2, 0.25) is 0 Å². The topological polar surface area (TPSA) is 92.2 Å². The number of benzene rings is 3. The average Bonchev–Trinajstić information content (AvgIpc) is 3.44. The molecule has 32 heavy (non-hydrogen) atoms. The molecule has 0 spiro atoms. The van der Waals surface area contributed by atoms with Gasteiger partial charge in [-0.2, -0.15) is 5.10 Å². The lowest BCUT2D eigenvalue weighted by atomic mass is 10.2. The lowest BCUT2D eigenvalue weighted by Crippen LogP contribution is -2.15. The van der Waals surface area contributed by atoms with Gasteiger partial charge in [-0.1, -0.05) is 36.4 Å². The number of amides is 1. The molecule has 0 aliphatic rings. The van der Waals surface area contributed by atoms with Gasteiger partial charge in [0.1, 0.15) is 16.2 Å². The molecular weight excluding hydrogens is 422 g/mol. The second-order valence-electron chi connectivity index (χ2n) is 7.31. The summed E-state index contributed by atoms with van der Waals surface area (Å²) in [4.78, 5) is 33.0. The Hall–Kier alpha value is -4.30. The Balaban J connectivity index is 1.36. The van der Waals surface area contributed by atoms with Gasteiger partial charge in [0.25, 0.3) is 11.5 Å². The third-order valence-electron chi connectivity index (χ3n) is 5.28. The highest BCUT2D eigenvalue weighted by Gasteiger charge is 2.17. The van der Waals surface area contributed by atoms with E-state index in [0.29, 0.717) is 27.8 Å². The first kappa shape index (κ1) is 18.5. The van der Waals surface area contributed by atoms with Crippen LogP contribution >= 0.6 is 11.3 Å². The number of H-pyrrole nitrogens is 1. The van der Waals surface area contributed by atoms with E-state index in [4.69, 9.17) is 0 Å². The summed E-state index contributed by atoms with van der Waals surface area (Å²) >= 11 is 1.60. The van der Waals surface area contributed by atoms with Crippen molar-refractivity contribution in [3.63, 3.8) is 0 Å². The van der Waals surface area contributed by atoms with Gasteiger partial charge in [0.15, 0.2) is 0 Å². The van der Waals surface area contributed by atoms with Crippen LogP contribution in [0.25, 0.3) is 37.3 Å². The van der Waals surface area contributed by atoms with E-state index in [1.54, 1.807) is 34.1 Å². The molecule has 0 bridgehead atoms. The first-order valence-electron chi connectivity index (χ1n) is 9.93. The number of para-hydroxylation sites is 2. The summed E-state index contributed by atoms with van der Waals surface area (Å²) in [5, 5.41) is 8.62. The molecule has 3 aromatic carbocycles. The molecule has 8 heteroatoms. The van der Waals surface area contributed by atoms with E-state index in [9.17, 15) is 9.59 Å². The number of thiazole rings is 1. The highest BCUT2D eigenvalue weighted by molar-refractivity contribution is 7.21. The normalized spacial score (nSPS) is 11.4. The number of fused-ring (bicyclic) bond motifs is 4. The largest absolute Gasteiger partial charge is 0.322 e. The molecule has 1 amide bonds. The molecule has 0 atom stereocenters. The van der Waals surface area contributed by atoms with Crippen molar-refractivity contribution in [2.45, 2.75) is 0 Å². The lowest BCUT2D eigenvalue weighted by Gasteiger charge is -2.06. The van der Waals surface area contributed by atoms with Crippen LogP contribution in [-0.4, -0.2) is 25.5 Å². The third-order valence-corrected chi connectivity index (χ3v) is 6.37. The number of aromatic amines is 1. The number of hydrogen-bond donors (Lipinski definition) is 2. The zero-order valence-corrected chi connectivity index (χ0v) is 17.4. The summed E-state index contributed by atoms with van der Waals surface area (Å²) in [6.07, 6.45) is 1.46. The number of aromatic nitrogens is 4. The maximum absolute atomic E-state index is 13.0. The zero-order valence-electron chi connectivity index (χ0n) is 16.6. The molecule has 2 N–H and O–H groups in total. The fourth-order valence-corrected chi connectivity index (χ4v) is 4.73. The lowest BCUT2D eigenvalue weighted by molar-refractivity contribution is 0.102. The summed E-state index contributed by atoms with van der Waals surface area (Å²) in [5.41, 5.74) is 3.53. The first-order valence-corrected chi connectivity index (χ1v) is 10.8. The van der Waals surface area contributed by atoms with Gasteiger partial charge in [0.05, 0.1) is 27.3 Å². The maximum atomic E-state index is 13.0. The maximum Gasteiger partial charge on any atom is 0.261 e. The van der Waals surface area contributed by atoms with Crippen LogP contribution in [0.1, 0.15) is 10.4 Å². The highest BCUT2D eigenvalue weighted by atomic mass is 32.1. The number of rotatable bonds is 3. The standard InChI is InChI=1S/C24H15N5O2S/c30-22-16-8-1-3-10-19(16)29-21(28-22)17(13-25-29)23(31)26-15-7-5-6-14(12-15)24-27-18-9-2-4-11-20(18)32-24/h1-13H,(H,26,31)(H,28,30). The molecule has 3 aromatic heterocycles. The second kappa shape index (κ2) is 7.14. The minimum Gasteiger partial charge on any atom is -0.322 e. The van der Waals surface area contributed by atoms with Crippen LogP contribution in [0.3, 0.4) is 0 Å². The number of nitrogens with one attached hydrogen (secondary N) is 2. The van der Waals surface area contributed by atoms with Gasteiger partial charge in [-0.05, 0) is 36.4 Å². The van der Waals surface area contributed by atoms with Crippen LogP contribution in [0.4, 0.5) is 5.69 Å². The molecule has 0 fully saturated rings. The number of carbonyl (C=O) groups excluding carboxylic acids is 1. The van der Waals surface area contributed by atoms with E-state index in [-0.39, 0.29) is 11.5 Å². The molecule has 0 radical (unpaired) electrons. The summed E-state index contributed by atoms with van der Waals surface area (Å²) in [5.74, 6) is -0.354. The summed E-state index contributed by atoms with van der Waals surface area (Å²) < 4.78 is 2.68. The van der Waals surface area contributed by atoms with Crippen LogP contribution in [0.2, 0.25) is 0 Å². The first-order chi connectivity index (χ1) is 15.7. The SMILES string of the molecule is O=C(Nc1cccc(-c2nc3ccccc3s2)c1)c1cnn2c1[nH]c(=O)c1ccccc12. The molecule has 7 nitrogen and oxygen atoms in total. The monoisotopic (exact) mass is 437 g/mol. The van der Waals surface area contributed by atoms with Crippen molar-refractivity contribution in [1.29, 1.82) is 0 Å². The number of carbonyl (C=O) groups is 1. The van der Waals surface area contributed by atoms with Crippen molar-refractivity contribution in [3.05, 3.63) is 94.9 Å². The fraction of sp³-hybridized carbons (Fsp3) is 0. The molecular formula is C24H15N5O2S. The van der Waals surface area contributed by atoms with Crippen molar-refractivity contribution < 1.29 is 4.79 Å². The Kier molecular flexibility index (Phi) is 4.12. The van der Waals surface area contributed by atoms with E-state index in [0.717, 1.165) is 20.8 Å². The number of hydrogen-bond acceptors (Lipinski definition) is 5. The van der Waals surface area contributed by atoms with E-state index in [1.807, 2.05) is 54.6 Å². The molecule has 0 unspecified atom stereocenters. The van der Waals surface area contributed by atoms with Gasteiger partial charge < -0.3 is 10.3 Å². The van der Waals surface area contributed by atoms with Crippen LogP contribution in [0.15, 0.2) is 83.8 Å². The van der Waals surface area contributed by atoms with Crippen molar-refractivity contribution in [2.24, 2.45) is 0 Å². The van der Waals surface area contributed by atoms with Crippen molar-refractivity contribution in [1.82, 2.24) is 19.6 Å². The Bertz CT molecular complexity index is 1680. The molecule has 154 valence electrons. The fourth-order valence-electron chi connectivity index (χ4n) is 3.77. The van der Waals surface area contributed by atoms with Gasteiger partial charge in [-0.25, -0.2) is 9.50 Å². The van der Waals surface area contributed by atoms with Gasteiger partial charge in [-0.15, -0.1) is 11.3 Å². The highest BCUT2D eigenvalue weighted by Crippen LogP contribution is 2.31. The predicted octanol–water partition coefficient (Wildman–Crippen LogP) is 4.70. The molecule has 0 aliphatic heterocycles. The van der Waals surface area contributed by atoms with Gasteiger partial charge in [0, 0.05) is 11.3 Å². The Labute approximate surface area is 185 Å². The molecule has 6 aromatic rings. The molecule has 6 rings (SSSR count). The minimum atomic E-state index is -0.354. The van der Waals surface area contributed by atoms with Crippen molar-refractivity contribution in [3.8, 4) is 10.6 Å². The molecule has 0 saturated heterocycles. The van der Waals surface area contributed by atoms with Crippen LogP contribution < -0.4 is 10.9 Å².